The normalized spacial score (nSPS) is 11.9. The van der Waals surface area contributed by atoms with Gasteiger partial charge in [0.2, 0.25) is 12.7 Å². The molecule has 1 N–H and O–H groups in total. The molecule has 2 aromatic rings. The van der Waals surface area contributed by atoms with Crippen LogP contribution in [0, 0.1) is 0 Å². The molecule has 0 aliphatic carbocycles. The number of hydrogen-bond donors (Lipinski definition) is 1. The number of fused-ring (bicyclic) bond motifs is 1. The van der Waals surface area contributed by atoms with Gasteiger partial charge < -0.3 is 24.3 Å². The summed E-state index contributed by atoms with van der Waals surface area (Å²) in [6.07, 6.45) is 2.86. The summed E-state index contributed by atoms with van der Waals surface area (Å²) >= 11 is 0. The second kappa shape index (κ2) is 9.16. The molecule has 1 aliphatic rings. The zero-order valence-electron chi connectivity index (χ0n) is 15.7. The van der Waals surface area contributed by atoms with Crippen molar-refractivity contribution >= 4 is 5.91 Å². The fraction of sp³-hybridized carbons (Fsp3) is 0.381. The Labute approximate surface area is 159 Å². The van der Waals surface area contributed by atoms with Crippen molar-refractivity contribution < 1.29 is 23.7 Å². The van der Waals surface area contributed by atoms with Crippen LogP contribution < -0.4 is 24.3 Å². The van der Waals surface area contributed by atoms with Gasteiger partial charge in [-0.3, -0.25) is 4.79 Å². The van der Waals surface area contributed by atoms with Crippen molar-refractivity contribution in [3.63, 3.8) is 0 Å². The molecule has 0 bridgehead atoms. The summed E-state index contributed by atoms with van der Waals surface area (Å²) in [6, 6.07) is 11.7. The number of carbonyl (C=O) groups excluding carboxylic acids is 1. The topological polar surface area (TPSA) is 66.0 Å². The van der Waals surface area contributed by atoms with Crippen LogP contribution in [-0.2, 0) is 17.6 Å². The molecule has 1 amide bonds. The summed E-state index contributed by atoms with van der Waals surface area (Å²) in [4.78, 5) is 12.0. The maximum Gasteiger partial charge on any atom is 0.231 e. The van der Waals surface area contributed by atoms with E-state index >= 15 is 0 Å². The molecule has 144 valence electrons. The number of rotatable bonds is 9. The van der Waals surface area contributed by atoms with Crippen LogP contribution in [-0.4, -0.2) is 33.5 Å². The largest absolute Gasteiger partial charge is 0.493 e. The lowest BCUT2D eigenvalue weighted by Crippen LogP contribution is -2.24. The number of benzene rings is 2. The van der Waals surface area contributed by atoms with Crippen LogP contribution in [0.4, 0.5) is 0 Å². The minimum atomic E-state index is 0.0555. The molecule has 1 heterocycles. The summed E-state index contributed by atoms with van der Waals surface area (Å²) in [5, 5.41) is 2.98. The van der Waals surface area contributed by atoms with Crippen LogP contribution in [0.5, 0.6) is 23.0 Å². The monoisotopic (exact) mass is 371 g/mol. The molecule has 0 saturated heterocycles. The van der Waals surface area contributed by atoms with Gasteiger partial charge in [0.25, 0.3) is 0 Å². The third kappa shape index (κ3) is 5.06. The van der Waals surface area contributed by atoms with Crippen molar-refractivity contribution in [2.24, 2.45) is 0 Å². The highest BCUT2D eigenvalue weighted by molar-refractivity contribution is 5.76. The van der Waals surface area contributed by atoms with Gasteiger partial charge in [0.15, 0.2) is 23.0 Å². The van der Waals surface area contributed by atoms with E-state index in [-0.39, 0.29) is 12.7 Å². The van der Waals surface area contributed by atoms with Crippen molar-refractivity contribution in [3.8, 4) is 23.0 Å². The van der Waals surface area contributed by atoms with E-state index < -0.39 is 0 Å². The highest BCUT2D eigenvalue weighted by Gasteiger charge is 2.13. The molecule has 2 aromatic carbocycles. The first-order chi connectivity index (χ1) is 13.2. The first-order valence-corrected chi connectivity index (χ1v) is 9.05. The number of carbonyl (C=O) groups is 1. The summed E-state index contributed by atoms with van der Waals surface area (Å²) < 4.78 is 21.2. The fourth-order valence-corrected chi connectivity index (χ4v) is 3.00. The van der Waals surface area contributed by atoms with Gasteiger partial charge in [0.1, 0.15) is 0 Å². The van der Waals surface area contributed by atoms with Crippen LogP contribution >= 0.6 is 0 Å². The van der Waals surface area contributed by atoms with E-state index in [1.54, 1.807) is 14.2 Å². The third-order valence-electron chi connectivity index (χ3n) is 4.49. The zero-order chi connectivity index (χ0) is 19.1. The Bertz CT molecular complexity index is 790. The van der Waals surface area contributed by atoms with E-state index in [0.29, 0.717) is 19.4 Å². The smallest absolute Gasteiger partial charge is 0.231 e. The predicted molar refractivity (Wildman–Crippen MR) is 102 cm³/mol. The van der Waals surface area contributed by atoms with E-state index in [9.17, 15) is 4.79 Å². The lowest BCUT2D eigenvalue weighted by Gasteiger charge is -2.10. The minimum absolute atomic E-state index is 0.0555. The Morgan fingerprint density at radius 1 is 0.963 bits per heavy atom. The average molecular weight is 371 g/mol. The van der Waals surface area contributed by atoms with Crippen molar-refractivity contribution in [1.82, 2.24) is 5.32 Å². The fourth-order valence-electron chi connectivity index (χ4n) is 3.00. The molecule has 0 fully saturated rings. The molecule has 0 saturated carbocycles. The molecule has 0 aromatic heterocycles. The van der Waals surface area contributed by atoms with Gasteiger partial charge in [-0.25, -0.2) is 0 Å². The summed E-state index contributed by atoms with van der Waals surface area (Å²) in [5.41, 5.74) is 2.22. The van der Waals surface area contributed by atoms with Gasteiger partial charge in [-0.2, -0.15) is 0 Å². The molecule has 3 rings (SSSR count). The Kier molecular flexibility index (Phi) is 6.41. The molecule has 27 heavy (non-hydrogen) atoms. The van der Waals surface area contributed by atoms with Crippen molar-refractivity contribution in [1.29, 1.82) is 0 Å². The SMILES string of the molecule is COc1ccc(CCCNC(=O)CCc2ccc3c(c2)OCO3)cc1OC. The first kappa shape index (κ1) is 18.9. The van der Waals surface area contributed by atoms with Gasteiger partial charge in [-0.15, -0.1) is 0 Å². The molecule has 0 radical (unpaired) electrons. The number of ether oxygens (including phenoxy) is 4. The Balaban J connectivity index is 1.37. The lowest BCUT2D eigenvalue weighted by atomic mass is 10.1. The van der Waals surface area contributed by atoms with Crippen LogP contribution in [0.2, 0.25) is 0 Å². The van der Waals surface area contributed by atoms with Gasteiger partial charge in [0.05, 0.1) is 14.2 Å². The van der Waals surface area contributed by atoms with Crippen LogP contribution in [0.3, 0.4) is 0 Å². The van der Waals surface area contributed by atoms with E-state index in [0.717, 1.165) is 47.0 Å². The first-order valence-electron chi connectivity index (χ1n) is 9.05. The minimum Gasteiger partial charge on any atom is -0.493 e. The maximum absolute atomic E-state index is 12.0. The van der Waals surface area contributed by atoms with Crippen molar-refractivity contribution in [3.05, 3.63) is 47.5 Å². The molecule has 0 spiro atoms. The number of methoxy groups -OCH3 is 2. The third-order valence-corrected chi connectivity index (χ3v) is 4.49. The Morgan fingerprint density at radius 3 is 2.52 bits per heavy atom. The molecular formula is C21H25NO5. The predicted octanol–water partition coefficient (Wildman–Crippen LogP) is 3.11. The van der Waals surface area contributed by atoms with E-state index in [1.165, 1.54) is 0 Å². The quantitative estimate of drug-likeness (QED) is 0.686. The van der Waals surface area contributed by atoms with Crippen LogP contribution in [0.25, 0.3) is 0 Å². The van der Waals surface area contributed by atoms with E-state index in [4.69, 9.17) is 18.9 Å². The van der Waals surface area contributed by atoms with Gasteiger partial charge >= 0.3 is 0 Å². The van der Waals surface area contributed by atoms with Crippen LogP contribution in [0.15, 0.2) is 36.4 Å². The summed E-state index contributed by atoms with van der Waals surface area (Å²) in [7, 11) is 3.25. The summed E-state index contributed by atoms with van der Waals surface area (Å²) in [6.45, 7) is 0.910. The number of amides is 1. The van der Waals surface area contributed by atoms with Crippen LogP contribution in [0.1, 0.15) is 24.0 Å². The van der Waals surface area contributed by atoms with Gasteiger partial charge in [-0.05, 0) is 54.7 Å². The number of hydrogen-bond acceptors (Lipinski definition) is 5. The standard InChI is InChI=1S/C21H25NO5/c1-24-17-8-5-15(12-19(17)25-2)4-3-11-22-21(23)10-7-16-6-9-18-20(13-16)27-14-26-18/h5-6,8-9,12-13H,3-4,7,10-11,14H2,1-2H3,(H,22,23). The molecule has 6 nitrogen and oxygen atoms in total. The molecular weight excluding hydrogens is 346 g/mol. The highest BCUT2D eigenvalue weighted by Crippen LogP contribution is 2.32. The second-order valence-corrected chi connectivity index (χ2v) is 6.33. The highest BCUT2D eigenvalue weighted by atomic mass is 16.7. The van der Waals surface area contributed by atoms with Gasteiger partial charge in [0, 0.05) is 13.0 Å². The lowest BCUT2D eigenvalue weighted by molar-refractivity contribution is -0.121. The van der Waals surface area contributed by atoms with E-state index in [2.05, 4.69) is 5.32 Å². The zero-order valence-corrected chi connectivity index (χ0v) is 15.7. The molecule has 0 unspecified atom stereocenters. The van der Waals surface area contributed by atoms with E-state index in [1.807, 2.05) is 36.4 Å². The van der Waals surface area contributed by atoms with Gasteiger partial charge in [-0.1, -0.05) is 12.1 Å². The van der Waals surface area contributed by atoms with Crippen molar-refractivity contribution in [2.45, 2.75) is 25.7 Å². The second-order valence-electron chi connectivity index (χ2n) is 6.33. The Morgan fingerprint density at radius 2 is 1.70 bits per heavy atom. The number of aryl methyl sites for hydroxylation is 2. The summed E-state index contributed by atoms with van der Waals surface area (Å²) in [5.74, 6) is 3.02. The molecule has 6 heteroatoms. The Hall–Kier alpha value is -2.89. The molecule has 1 aliphatic heterocycles. The number of nitrogens with one attached hydrogen (secondary N) is 1. The maximum atomic E-state index is 12.0. The average Bonchev–Trinajstić information content (AvgIpc) is 3.17. The van der Waals surface area contributed by atoms with Crippen molar-refractivity contribution in [2.75, 3.05) is 27.6 Å². The molecule has 0 atom stereocenters.